The number of benzene rings is 2. The molecule has 0 bridgehead atoms. The van der Waals surface area contributed by atoms with Crippen molar-refractivity contribution in [3.63, 3.8) is 0 Å². The van der Waals surface area contributed by atoms with Crippen molar-refractivity contribution < 1.29 is 250 Å². The molecule has 6 aliphatic heterocycles. The van der Waals surface area contributed by atoms with E-state index in [1.165, 1.54) is 0 Å². The number of ketones is 3. The maximum atomic E-state index is 14.6. The molecule has 0 unspecified atom stereocenters. The lowest BCUT2D eigenvalue weighted by Gasteiger charge is -2.51. The Morgan fingerprint density at radius 3 is 1.22 bits per heavy atom. The molecule has 0 saturated carbocycles. The Bertz CT molecular complexity index is 5550. The van der Waals surface area contributed by atoms with E-state index in [1.54, 1.807) is 62.9 Å². The van der Waals surface area contributed by atoms with Crippen molar-refractivity contribution in [1.82, 2.24) is 9.62 Å². The van der Waals surface area contributed by atoms with Gasteiger partial charge in [0.2, 0.25) is 15.9 Å². The number of Topliss-reactive ketones (excluding diaryl/α,β-unsaturated/α-hetero) is 3. The summed E-state index contributed by atoms with van der Waals surface area (Å²) >= 11 is 0. The lowest BCUT2D eigenvalue weighted by molar-refractivity contribution is -0.389. The van der Waals surface area contributed by atoms with Crippen LogP contribution in [-0.2, 0) is 232 Å². The number of unbranched alkanes of at least 4 members (excludes halogenated alkanes) is 1. The number of methoxy groups -OCH3 is 8. The summed E-state index contributed by atoms with van der Waals surface area (Å²) in [4.78, 5) is 84.6. The minimum atomic E-state index is -6.21. The van der Waals surface area contributed by atoms with Gasteiger partial charge in [0.15, 0.2) is 61.6 Å². The van der Waals surface area contributed by atoms with Gasteiger partial charge in [-0.15, -0.1) is 0 Å². The van der Waals surface area contributed by atoms with Gasteiger partial charge in [0.1, 0.15) is 109 Å². The van der Waals surface area contributed by atoms with Crippen LogP contribution >= 0.6 is 0 Å². The molecule has 848 valence electrons. The monoisotopic (exact) mass is 2270 g/mol. The zero-order valence-electron chi connectivity index (χ0n) is 82.5. The fourth-order valence-electron chi connectivity index (χ4n) is 17.7. The topological polar surface area (TPSA) is 792 Å². The number of carboxylic acid groups (broad SMARTS) is 2. The third-order valence-electron chi connectivity index (χ3n) is 24.6. The molecule has 0 aromatic heterocycles. The third kappa shape index (κ3) is 37.8. The number of aliphatic carboxylic acids is 2. The fourth-order valence-corrected chi connectivity index (χ4v) is 21.8. The Labute approximate surface area is 855 Å². The molecule has 27 atom stereocenters. The summed E-state index contributed by atoms with van der Waals surface area (Å²) in [5.74, 6) is -6.50. The van der Waals surface area contributed by atoms with E-state index in [2.05, 4.69) is 13.1 Å². The summed E-state index contributed by atoms with van der Waals surface area (Å²) in [6.45, 7) is 5.18. The number of aryl methyl sites for hydroxylation is 2. The Morgan fingerprint density at radius 1 is 0.412 bits per heavy atom. The van der Waals surface area contributed by atoms with Gasteiger partial charge in [-0.05, 0) is 113 Å². The van der Waals surface area contributed by atoms with E-state index in [1.807, 2.05) is 6.92 Å². The number of amides is 1. The first-order chi connectivity index (χ1) is 69.3. The van der Waals surface area contributed by atoms with Crippen molar-refractivity contribution in [2.24, 2.45) is 5.92 Å². The zero-order chi connectivity index (χ0) is 110. The summed E-state index contributed by atoms with van der Waals surface area (Å²) in [6, 6.07) is 7.30. The quantitative estimate of drug-likeness (QED) is 0.0220. The number of nitrogens with zero attached hydrogens (tertiary/aromatic N) is 1. The minimum Gasteiger partial charge on any atom is -0.479 e. The fraction of sp³-hybridized carbons (Fsp3) is 0.771. The minimum absolute atomic E-state index is 0.00371. The highest BCUT2D eigenvalue weighted by atomic mass is 32.3. The molecule has 1 amide bonds. The summed E-state index contributed by atoms with van der Waals surface area (Å²) < 4.78 is 390. The number of ether oxygens (including phenoxy) is 21. The van der Waals surface area contributed by atoms with Crippen molar-refractivity contribution in [3.05, 3.63) is 63.7 Å². The first-order valence-corrected chi connectivity index (χ1v) is 55.3. The molecule has 0 radical (unpaired) electrons. The molecule has 10 N–H and O–H groups in total. The van der Waals surface area contributed by atoms with Gasteiger partial charge in [0, 0.05) is 120 Å². The van der Waals surface area contributed by atoms with Crippen LogP contribution < -0.4 is 4.72 Å². The maximum Gasteiger partial charge on any atom is 0.397 e. The molecule has 8 rings (SSSR count). The van der Waals surface area contributed by atoms with Crippen LogP contribution in [0.2, 0.25) is 0 Å². The summed E-state index contributed by atoms with van der Waals surface area (Å²) in [5, 5.41) is 29.9. The lowest BCUT2D eigenvalue weighted by Crippen LogP contribution is -2.70. The van der Waals surface area contributed by atoms with Crippen molar-refractivity contribution in [1.29, 1.82) is 5.41 Å². The van der Waals surface area contributed by atoms with E-state index < -0.39 is 288 Å². The first-order valence-electron chi connectivity index (χ1n) is 45.7. The van der Waals surface area contributed by atoms with Crippen LogP contribution in [0.1, 0.15) is 111 Å². The van der Waals surface area contributed by atoms with Gasteiger partial charge < -0.3 is 120 Å². The normalized spacial score (nSPS) is 29.2. The predicted octanol–water partition coefficient (Wildman–Crippen LogP) is -0.802. The van der Waals surface area contributed by atoms with Crippen LogP contribution in [0.3, 0.4) is 0 Å². The van der Waals surface area contributed by atoms with E-state index in [9.17, 15) is 125 Å². The molecule has 6 saturated heterocycles. The molecule has 6 aliphatic rings. The van der Waals surface area contributed by atoms with Gasteiger partial charge in [-0.25, -0.2) is 47.8 Å². The van der Waals surface area contributed by atoms with Gasteiger partial charge in [0.05, 0.1) is 70.4 Å². The van der Waals surface area contributed by atoms with Crippen LogP contribution in [0.25, 0.3) is 0 Å². The predicted molar refractivity (Wildman–Crippen MR) is 493 cm³/mol. The molecule has 2 aromatic carbocycles. The highest BCUT2D eigenvalue weighted by Gasteiger charge is 2.63. The summed E-state index contributed by atoms with van der Waals surface area (Å²) in [5.41, 5.74) is 4.27. The number of sulfonamides is 1. The Hall–Kier alpha value is -6.18. The number of hydrogen-bond acceptors (Lipinski definition) is 48. The number of carbonyl (C=O) groups is 6. The van der Waals surface area contributed by atoms with Crippen molar-refractivity contribution in [3.8, 4) is 0 Å². The summed E-state index contributed by atoms with van der Waals surface area (Å²) in [6.07, 6.45) is -53.3. The van der Waals surface area contributed by atoms with Crippen molar-refractivity contribution >= 4 is 113 Å². The number of likely N-dealkylation sites (tertiary alicyclic amines) is 1. The van der Waals surface area contributed by atoms with Crippen LogP contribution in [0.4, 0.5) is 0 Å². The highest BCUT2D eigenvalue weighted by Crippen LogP contribution is 2.43. The van der Waals surface area contributed by atoms with E-state index in [0.29, 0.717) is 48.3 Å². The number of carbonyl (C=O) groups excluding carboxylic acids is 4. The van der Waals surface area contributed by atoms with E-state index in [4.69, 9.17) is 122 Å². The van der Waals surface area contributed by atoms with Gasteiger partial charge in [0.25, 0.3) is 0 Å². The average Bonchev–Trinajstić information content (AvgIpc) is 0.750. The number of carboxylic acids is 2. The molecule has 0 aliphatic carbocycles. The van der Waals surface area contributed by atoms with Crippen molar-refractivity contribution in [2.75, 3.05) is 136 Å². The van der Waals surface area contributed by atoms with Crippen LogP contribution in [-0.4, -0.2) is 438 Å². The van der Waals surface area contributed by atoms with E-state index in [0.717, 1.165) is 92.8 Å². The SMILES string of the molecule is CO[C@H]1O[C@H](COS(=O)(=O)O)[C@@H](O[C@@H]2O[C@@H](C(=O)O)[C@@H](O[C@H]3O[C@H](COS(=O)(=O)O)[C@@H](O[C@@H]4O[C@H](C(=O)O)[C@@H](O[C@H]5O[C@H](COS(=O)(=O)O)[C@@H](OCCOCCOCCOCCCC(=O)CCCCC(=O)C[C@H](NS(=O)(=O)c6c(C)cc(C)c(C)c6C)C(=O)C[C@H](Cc6ccc(C(C)=N)cc6)C(=O)N6CCCCC6)[C@H](OC)[C@H]5OC)[C@H](OC)[C@H]4OC)[C@H](OS(=O)(=O)O)[C@H]3OS(=O)(=O)O)[C@H](OC)[C@H]2OC)[C@H](OC)[C@H]1OS(=O)(=O)O. The molecule has 6 heterocycles. The number of rotatable bonds is 64. The lowest BCUT2D eigenvalue weighted by atomic mass is 9.89. The molecular weight excluding hydrogens is 2140 g/mol. The van der Waals surface area contributed by atoms with E-state index in [-0.39, 0.29) is 101 Å². The second kappa shape index (κ2) is 57.5. The molecule has 148 heavy (non-hydrogen) atoms. The largest absolute Gasteiger partial charge is 0.479 e. The Balaban J connectivity index is 0.875. The Kier molecular flexibility index (Phi) is 49.3. The molecule has 58 nitrogen and oxygen atoms in total. The second-order valence-electron chi connectivity index (χ2n) is 34.6. The van der Waals surface area contributed by atoms with E-state index >= 15 is 0 Å². The number of nitrogens with one attached hydrogen (secondary N) is 2. The molecular formula is C83H129N3O55S7. The van der Waals surface area contributed by atoms with Gasteiger partial charge in [-0.1, -0.05) is 30.3 Å². The zero-order valence-corrected chi connectivity index (χ0v) is 88.2. The average molecular weight is 2270 g/mol. The summed E-state index contributed by atoms with van der Waals surface area (Å²) in [7, 11) is -31.5. The molecule has 0 spiro atoms. The Morgan fingerprint density at radius 2 is 0.791 bits per heavy atom. The standard InChI is InChI=1S/C83H129N3O55S7/c1-43-36-44(2)75(46(4)45(43)3)142(95,96)85-53(54(89)38-50(76(90)86-27-17-14-18-28-86)37-48-23-25-49(26-24-48)47(5)84)39-52(88)21-16-15-20-51(87)22-19-29-123-30-31-124-32-33-125-34-35-126-58-55(40-127-143(97,98)99)131-80(70(119-10)61(58)115-6)135-65-63(117-8)72(121-12)82(138-68(65)77(91)92)134-60-57(42-129-145(103,104)105)132-83(74(141-148(112,113)114)67(60)139-146(106,107)108)136-66-64(118-9)71(120-11)81(137-69(66)78(93)94)133-59-56(41-128-144(100,101)102)130-79(122-13)73(62(59)116-7)140-147(109,110)111/h23-26,36,50,53,55-74,79-85H,14-22,27-35,37-42H2,1-13H3,(H,91,92)(H,93,94)(H,97,98,99)(H,100,101,102)(H,103,104,105)(H,106,107,108)(H,109,110,111)(H,112,113,114)/t50-,53-,55+,56+,57+,58+,59+,60+,61-,62-,63-,64-,65-,66-,67-,68-,69+,70+,71+,72+,73+,74+,79-,80+,81+,82+,83+/m0/s1. The molecule has 6 fully saturated rings. The van der Waals surface area contributed by atoms with Gasteiger partial charge >= 0.3 is 74.3 Å². The van der Waals surface area contributed by atoms with Crippen LogP contribution in [0, 0.1) is 39.0 Å². The third-order valence-corrected chi connectivity index (χ3v) is 29.0. The van der Waals surface area contributed by atoms with Crippen molar-refractivity contribution in [2.45, 2.75) is 276 Å². The molecule has 65 heteroatoms. The van der Waals surface area contributed by atoms with Gasteiger partial charge in [-0.2, -0.15) is 50.5 Å². The second-order valence-corrected chi connectivity index (χ2v) is 42.7. The number of hydrogen-bond donors (Lipinski definition) is 10. The van der Waals surface area contributed by atoms with Crippen LogP contribution in [0.15, 0.2) is 35.2 Å². The number of piperidine rings is 1. The maximum absolute atomic E-state index is 14.6. The smallest absolute Gasteiger partial charge is 0.397 e. The van der Waals surface area contributed by atoms with Crippen LogP contribution in [0.5, 0.6) is 0 Å². The first kappa shape index (κ1) is 127. The highest BCUT2D eigenvalue weighted by molar-refractivity contribution is 7.89. The van der Waals surface area contributed by atoms with Gasteiger partial charge in [-0.3, -0.25) is 46.5 Å². The molecule has 2 aromatic rings.